The van der Waals surface area contributed by atoms with E-state index in [0.717, 1.165) is 5.01 Å². The normalized spacial score (nSPS) is 12.0. The third kappa shape index (κ3) is 3.28. The van der Waals surface area contributed by atoms with Crippen molar-refractivity contribution < 1.29 is 4.74 Å². The third-order valence-corrected chi connectivity index (χ3v) is 3.47. The van der Waals surface area contributed by atoms with Crippen LogP contribution in [-0.4, -0.2) is 34.1 Å². The van der Waals surface area contributed by atoms with Gasteiger partial charge in [0, 0.05) is 18.1 Å². The molecule has 0 aliphatic carbocycles. The van der Waals surface area contributed by atoms with E-state index >= 15 is 0 Å². The van der Waals surface area contributed by atoms with Crippen LogP contribution in [0.4, 0.5) is 11.9 Å². The zero-order valence-corrected chi connectivity index (χ0v) is 12.1. The number of hydrogen-bond acceptors (Lipinski definition) is 8. The zero-order chi connectivity index (χ0) is 13.8. The van der Waals surface area contributed by atoms with E-state index in [9.17, 15) is 0 Å². The smallest absolute Gasteiger partial charge is 0.322 e. The van der Waals surface area contributed by atoms with Gasteiger partial charge in [-0.15, -0.1) is 11.3 Å². The second-order valence-electron chi connectivity index (χ2n) is 3.89. The molecule has 2 aromatic rings. The number of rotatable bonds is 5. The van der Waals surface area contributed by atoms with Crippen molar-refractivity contribution >= 4 is 23.2 Å². The average Bonchev–Trinajstić information content (AvgIpc) is 2.85. The summed E-state index contributed by atoms with van der Waals surface area (Å²) in [5, 5.41) is 7.04. The number of nitrogens with one attached hydrogen (secondary N) is 2. The largest absolute Gasteiger partial charge is 0.467 e. The minimum Gasteiger partial charge on any atom is -0.467 e. The molecule has 0 saturated heterocycles. The summed E-state index contributed by atoms with van der Waals surface area (Å²) in [5.74, 6) is 0.911. The second kappa shape index (κ2) is 5.79. The van der Waals surface area contributed by atoms with Crippen LogP contribution in [-0.2, 0) is 0 Å². The maximum Gasteiger partial charge on any atom is 0.322 e. The van der Waals surface area contributed by atoms with Gasteiger partial charge < -0.3 is 15.4 Å². The zero-order valence-electron chi connectivity index (χ0n) is 11.3. The number of aryl methyl sites for hydroxylation is 1. The van der Waals surface area contributed by atoms with Crippen LogP contribution in [0.25, 0.3) is 0 Å². The molecule has 102 valence electrons. The van der Waals surface area contributed by atoms with Gasteiger partial charge in [0.15, 0.2) is 0 Å². The van der Waals surface area contributed by atoms with Crippen LogP contribution in [0.15, 0.2) is 6.20 Å². The highest BCUT2D eigenvalue weighted by atomic mass is 32.1. The predicted octanol–water partition coefficient (Wildman–Crippen LogP) is 1.86. The molecule has 2 N–H and O–H groups in total. The van der Waals surface area contributed by atoms with Crippen LogP contribution in [0.2, 0.25) is 0 Å². The number of methoxy groups -OCH3 is 1. The lowest BCUT2D eigenvalue weighted by Crippen LogP contribution is -2.11. The van der Waals surface area contributed by atoms with Crippen LogP contribution in [0, 0.1) is 6.92 Å². The molecule has 2 aromatic heterocycles. The van der Waals surface area contributed by atoms with Crippen LogP contribution in [0.1, 0.15) is 22.9 Å². The molecule has 1 atom stereocenters. The number of nitrogens with zero attached hydrogens (tertiary/aromatic N) is 4. The minimum atomic E-state index is 0.0236. The average molecular weight is 280 g/mol. The van der Waals surface area contributed by atoms with Gasteiger partial charge in [-0.05, 0) is 13.8 Å². The Morgan fingerprint density at radius 2 is 2.00 bits per heavy atom. The molecule has 0 aromatic carbocycles. The van der Waals surface area contributed by atoms with Crippen molar-refractivity contribution in [1.29, 1.82) is 0 Å². The van der Waals surface area contributed by atoms with Crippen molar-refractivity contribution in [1.82, 2.24) is 19.9 Å². The van der Waals surface area contributed by atoms with Crippen LogP contribution in [0.3, 0.4) is 0 Å². The molecule has 2 rings (SSSR count). The van der Waals surface area contributed by atoms with Crippen LogP contribution in [0.5, 0.6) is 6.01 Å². The third-order valence-electron chi connectivity index (χ3n) is 2.38. The Morgan fingerprint density at radius 1 is 1.26 bits per heavy atom. The fourth-order valence-corrected chi connectivity index (χ4v) is 2.23. The topological polar surface area (TPSA) is 84.9 Å². The maximum absolute atomic E-state index is 5.03. The van der Waals surface area contributed by atoms with Gasteiger partial charge in [0.2, 0.25) is 11.9 Å². The molecule has 2 heterocycles. The standard InChI is InChI=1S/C11H16N6OS/c1-6-5-13-8(19-6)7(2)14-10-15-9(12-3)16-11(17-10)18-4/h5,7H,1-4H3,(H2,12,14,15,16,17). The van der Waals surface area contributed by atoms with E-state index in [2.05, 4.69) is 30.6 Å². The molecule has 0 amide bonds. The highest BCUT2D eigenvalue weighted by molar-refractivity contribution is 7.11. The Balaban J connectivity index is 2.18. The number of hydrogen-bond donors (Lipinski definition) is 2. The molecule has 0 aliphatic heterocycles. The Labute approximate surface area is 115 Å². The van der Waals surface area contributed by atoms with Crippen LogP contribution >= 0.6 is 11.3 Å². The van der Waals surface area contributed by atoms with Gasteiger partial charge in [0.25, 0.3) is 0 Å². The van der Waals surface area contributed by atoms with Crippen molar-refractivity contribution in [2.24, 2.45) is 0 Å². The number of ether oxygens (including phenoxy) is 1. The van der Waals surface area contributed by atoms with E-state index in [1.807, 2.05) is 20.0 Å². The monoisotopic (exact) mass is 280 g/mol. The number of thiazole rings is 1. The molecule has 1 unspecified atom stereocenters. The lowest BCUT2D eigenvalue weighted by molar-refractivity contribution is 0.379. The Bertz CT molecular complexity index is 536. The van der Waals surface area contributed by atoms with Gasteiger partial charge in [0.1, 0.15) is 5.01 Å². The summed E-state index contributed by atoms with van der Waals surface area (Å²) >= 11 is 1.64. The first-order valence-corrected chi connectivity index (χ1v) is 6.60. The molecule has 7 nitrogen and oxygen atoms in total. The molecule has 8 heteroatoms. The first-order valence-electron chi connectivity index (χ1n) is 5.79. The van der Waals surface area contributed by atoms with Crippen LogP contribution < -0.4 is 15.4 Å². The second-order valence-corrected chi connectivity index (χ2v) is 5.16. The van der Waals surface area contributed by atoms with Gasteiger partial charge in [-0.1, -0.05) is 0 Å². The summed E-state index contributed by atoms with van der Waals surface area (Å²) in [6, 6.07) is 0.292. The quantitative estimate of drug-likeness (QED) is 0.864. The fraction of sp³-hybridized carbons (Fsp3) is 0.455. The van der Waals surface area contributed by atoms with Crippen molar-refractivity contribution in [3.63, 3.8) is 0 Å². The molecule has 0 aliphatic rings. The summed E-state index contributed by atoms with van der Waals surface area (Å²) in [6.07, 6.45) is 1.85. The summed E-state index contributed by atoms with van der Waals surface area (Å²) in [5.41, 5.74) is 0. The summed E-state index contributed by atoms with van der Waals surface area (Å²) < 4.78 is 5.03. The predicted molar refractivity (Wildman–Crippen MR) is 74.8 cm³/mol. The Kier molecular flexibility index (Phi) is 4.10. The SMILES string of the molecule is CNc1nc(NC(C)c2ncc(C)s2)nc(OC)n1. The fourth-order valence-electron chi connectivity index (χ4n) is 1.45. The number of aromatic nitrogens is 4. The molecule has 0 radical (unpaired) electrons. The molecule has 0 fully saturated rings. The van der Waals surface area contributed by atoms with Crippen molar-refractivity contribution in [3.05, 3.63) is 16.1 Å². The van der Waals surface area contributed by atoms with E-state index in [4.69, 9.17) is 4.74 Å². The first-order chi connectivity index (χ1) is 9.12. The molecular weight excluding hydrogens is 264 g/mol. The minimum absolute atomic E-state index is 0.0236. The van der Waals surface area contributed by atoms with E-state index in [0.29, 0.717) is 11.9 Å². The summed E-state index contributed by atoms with van der Waals surface area (Å²) in [4.78, 5) is 17.9. The van der Waals surface area contributed by atoms with Gasteiger partial charge in [0.05, 0.1) is 13.2 Å². The highest BCUT2D eigenvalue weighted by Gasteiger charge is 2.12. The molecule has 0 saturated carbocycles. The molecule has 0 spiro atoms. The first kappa shape index (κ1) is 13.5. The Hall–Kier alpha value is -1.96. The summed E-state index contributed by atoms with van der Waals surface area (Å²) in [6.45, 7) is 4.03. The lowest BCUT2D eigenvalue weighted by Gasteiger charge is -2.12. The number of anilines is 2. The highest BCUT2D eigenvalue weighted by Crippen LogP contribution is 2.22. The molecule has 19 heavy (non-hydrogen) atoms. The Morgan fingerprint density at radius 3 is 2.58 bits per heavy atom. The summed E-state index contributed by atoms with van der Waals surface area (Å²) in [7, 11) is 3.26. The maximum atomic E-state index is 5.03. The van der Waals surface area contributed by atoms with Crippen molar-refractivity contribution in [2.45, 2.75) is 19.9 Å². The van der Waals surface area contributed by atoms with Crippen molar-refractivity contribution in [2.75, 3.05) is 24.8 Å². The molecular formula is C11H16N6OS. The van der Waals surface area contributed by atoms with E-state index in [-0.39, 0.29) is 12.1 Å². The van der Waals surface area contributed by atoms with E-state index in [1.54, 1.807) is 18.4 Å². The van der Waals surface area contributed by atoms with Gasteiger partial charge >= 0.3 is 6.01 Å². The van der Waals surface area contributed by atoms with Gasteiger partial charge in [-0.3, -0.25) is 0 Å². The van der Waals surface area contributed by atoms with E-state index in [1.165, 1.54) is 12.0 Å². The molecule has 0 bridgehead atoms. The lowest BCUT2D eigenvalue weighted by atomic mass is 10.4. The van der Waals surface area contributed by atoms with Crippen molar-refractivity contribution in [3.8, 4) is 6.01 Å². The van der Waals surface area contributed by atoms with Gasteiger partial charge in [-0.25, -0.2) is 4.98 Å². The van der Waals surface area contributed by atoms with Gasteiger partial charge in [-0.2, -0.15) is 15.0 Å². The van der Waals surface area contributed by atoms with E-state index < -0.39 is 0 Å².